The first-order valence-electron chi connectivity index (χ1n) is 7.85. The molecule has 1 amide bonds. The second-order valence-electron chi connectivity index (χ2n) is 6.33. The molecule has 6 heteroatoms. The number of carbonyl (C=O) groups is 1. The fourth-order valence-electron chi connectivity index (χ4n) is 2.00. The van der Waals surface area contributed by atoms with Crippen molar-refractivity contribution in [3.8, 4) is 0 Å². The van der Waals surface area contributed by atoms with Crippen molar-refractivity contribution < 1.29 is 13.9 Å². The van der Waals surface area contributed by atoms with Crippen molar-refractivity contribution in [1.29, 1.82) is 0 Å². The minimum absolute atomic E-state index is 0.272. The second-order valence-corrected chi connectivity index (χ2v) is 6.76. The van der Waals surface area contributed by atoms with E-state index in [0.29, 0.717) is 36.8 Å². The summed E-state index contributed by atoms with van der Waals surface area (Å²) in [5.41, 5.74) is 0.0457. The van der Waals surface area contributed by atoms with Gasteiger partial charge in [0.2, 0.25) is 0 Å². The number of rotatable bonds is 7. The first-order chi connectivity index (χ1) is 10.7. The van der Waals surface area contributed by atoms with Crippen molar-refractivity contribution in [2.45, 2.75) is 46.3 Å². The molecule has 1 aromatic carbocycles. The molecule has 0 aliphatic heterocycles. The lowest BCUT2D eigenvalue weighted by molar-refractivity contribution is 0.0258. The maximum atomic E-state index is 13.6. The highest BCUT2D eigenvalue weighted by Gasteiger charge is 2.20. The lowest BCUT2D eigenvalue weighted by Gasteiger charge is -2.26. The van der Waals surface area contributed by atoms with E-state index in [1.54, 1.807) is 11.0 Å². The van der Waals surface area contributed by atoms with E-state index in [2.05, 4.69) is 5.32 Å². The van der Waals surface area contributed by atoms with Gasteiger partial charge >= 0.3 is 6.09 Å². The smallest absolute Gasteiger partial charge is 0.410 e. The lowest BCUT2D eigenvalue weighted by Crippen LogP contribution is -2.38. The summed E-state index contributed by atoms with van der Waals surface area (Å²) in [7, 11) is 0. The highest BCUT2D eigenvalue weighted by molar-refractivity contribution is 6.30. The molecule has 0 unspecified atom stereocenters. The molecular weight excluding hydrogens is 319 g/mol. The molecule has 0 spiro atoms. The number of halogens is 2. The molecule has 0 atom stereocenters. The maximum absolute atomic E-state index is 13.6. The number of ether oxygens (including phenoxy) is 1. The molecule has 0 aliphatic carbocycles. The predicted molar refractivity (Wildman–Crippen MR) is 91.2 cm³/mol. The summed E-state index contributed by atoms with van der Waals surface area (Å²) in [5.74, 6) is -0.272. The molecule has 0 saturated carbocycles. The van der Waals surface area contributed by atoms with Crippen LogP contribution in [0.15, 0.2) is 18.2 Å². The third-order valence-corrected chi connectivity index (χ3v) is 3.37. The van der Waals surface area contributed by atoms with Gasteiger partial charge in [-0.25, -0.2) is 9.18 Å². The van der Waals surface area contributed by atoms with Crippen LogP contribution in [0.2, 0.25) is 5.02 Å². The van der Waals surface area contributed by atoms with Gasteiger partial charge in [-0.15, -0.1) is 0 Å². The van der Waals surface area contributed by atoms with Gasteiger partial charge in [0.1, 0.15) is 11.4 Å². The molecule has 0 aliphatic rings. The Kier molecular flexibility index (Phi) is 7.79. The minimum atomic E-state index is -0.493. The second kappa shape index (κ2) is 9.08. The Morgan fingerprint density at radius 2 is 2.09 bits per heavy atom. The molecule has 0 saturated heterocycles. The highest BCUT2D eigenvalue weighted by atomic mass is 35.5. The van der Waals surface area contributed by atoms with Gasteiger partial charge in [-0.1, -0.05) is 11.6 Å². The quantitative estimate of drug-likeness (QED) is 0.753. The molecule has 1 rings (SSSR count). The number of hydrogen-bond acceptors (Lipinski definition) is 3. The summed E-state index contributed by atoms with van der Waals surface area (Å²) in [4.78, 5) is 13.6. The van der Waals surface area contributed by atoms with Gasteiger partial charge in [0, 0.05) is 30.2 Å². The van der Waals surface area contributed by atoms with E-state index in [-0.39, 0.29) is 11.9 Å². The van der Waals surface area contributed by atoms with E-state index in [0.717, 1.165) is 6.42 Å². The molecule has 1 aromatic rings. The first kappa shape index (κ1) is 19.7. The van der Waals surface area contributed by atoms with Crippen molar-refractivity contribution in [1.82, 2.24) is 10.2 Å². The predicted octanol–water partition coefficient (Wildman–Crippen LogP) is 4.22. The Bertz CT molecular complexity index is 518. The summed E-state index contributed by atoms with van der Waals surface area (Å²) >= 11 is 5.85. The van der Waals surface area contributed by atoms with E-state index < -0.39 is 5.60 Å². The molecule has 0 aromatic heterocycles. The van der Waals surface area contributed by atoms with E-state index in [1.807, 2.05) is 27.7 Å². The zero-order valence-corrected chi connectivity index (χ0v) is 15.0. The van der Waals surface area contributed by atoms with Crippen molar-refractivity contribution >= 4 is 17.7 Å². The largest absolute Gasteiger partial charge is 0.444 e. The number of hydrogen-bond donors (Lipinski definition) is 1. The van der Waals surface area contributed by atoms with Crippen LogP contribution < -0.4 is 5.32 Å². The van der Waals surface area contributed by atoms with Gasteiger partial charge < -0.3 is 15.0 Å². The SMILES string of the molecule is CCN(CCCNCc1cc(Cl)ccc1F)C(=O)OC(C)(C)C. The number of nitrogens with zero attached hydrogens (tertiary/aromatic N) is 1. The van der Waals surface area contributed by atoms with E-state index in [9.17, 15) is 9.18 Å². The van der Waals surface area contributed by atoms with Crippen LogP contribution >= 0.6 is 11.6 Å². The standard InChI is InChI=1S/C17H26ClFN2O2/c1-5-21(16(22)23-17(2,3)4)10-6-9-20-12-13-11-14(18)7-8-15(13)19/h7-8,11,20H,5-6,9-10,12H2,1-4H3. The number of nitrogens with one attached hydrogen (secondary N) is 1. The van der Waals surface area contributed by atoms with Crippen LogP contribution in [-0.4, -0.2) is 36.2 Å². The monoisotopic (exact) mass is 344 g/mol. The zero-order valence-electron chi connectivity index (χ0n) is 14.3. The van der Waals surface area contributed by atoms with Crippen LogP contribution in [0, 0.1) is 5.82 Å². The van der Waals surface area contributed by atoms with E-state index in [4.69, 9.17) is 16.3 Å². The van der Waals surface area contributed by atoms with Crippen LogP contribution in [0.4, 0.5) is 9.18 Å². The Morgan fingerprint density at radius 1 is 1.39 bits per heavy atom. The average Bonchev–Trinajstić information content (AvgIpc) is 2.44. The molecule has 4 nitrogen and oxygen atoms in total. The molecule has 0 bridgehead atoms. The summed E-state index contributed by atoms with van der Waals surface area (Å²) in [6, 6.07) is 4.50. The Hall–Kier alpha value is -1.33. The van der Waals surface area contributed by atoms with Crippen LogP contribution in [-0.2, 0) is 11.3 Å². The fraction of sp³-hybridized carbons (Fsp3) is 0.588. The van der Waals surface area contributed by atoms with Gasteiger partial charge in [-0.3, -0.25) is 0 Å². The fourth-order valence-corrected chi connectivity index (χ4v) is 2.20. The summed E-state index contributed by atoms with van der Waals surface area (Å²) < 4.78 is 18.9. The van der Waals surface area contributed by atoms with E-state index >= 15 is 0 Å². The molecular formula is C17H26ClFN2O2. The van der Waals surface area contributed by atoms with Crippen LogP contribution in [0.5, 0.6) is 0 Å². The van der Waals surface area contributed by atoms with Crippen molar-refractivity contribution in [2.24, 2.45) is 0 Å². The maximum Gasteiger partial charge on any atom is 0.410 e. The molecule has 23 heavy (non-hydrogen) atoms. The van der Waals surface area contributed by atoms with Gasteiger partial charge in [0.05, 0.1) is 0 Å². The van der Waals surface area contributed by atoms with Crippen molar-refractivity contribution in [3.05, 3.63) is 34.6 Å². The van der Waals surface area contributed by atoms with Crippen LogP contribution in [0.1, 0.15) is 39.7 Å². The summed E-state index contributed by atoms with van der Waals surface area (Å²) in [5, 5.41) is 3.68. The number of carbonyl (C=O) groups excluding carboxylic acids is 1. The van der Waals surface area contributed by atoms with Gasteiger partial charge in [-0.05, 0) is 58.9 Å². The molecule has 0 radical (unpaired) electrons. The molecule has 130 valence electrons. The van der Waals surface area contributed by atoms with Crippen LogP contribution in [0.3, 0.4) is 0 Å². The molecule has 0 heterocycles. The first-order valence-corrected chi connectivity index (χ1v) is 8.23. The molecule has 1 N–H and O–H groups in total. The Morgan fingerprint density at radius 3 is 2.70 bits per heavy atom. The minimum Gasteiger partial charge on any atom is -0.444 e. The topological polar surface area (TPSA) is 41.6 Å². The van der Waals surface area contributed by atoms with Crippen LogP contribution in [0.25, 0.3) is 0 Å². The van der Waals surface area contributed by atoms with Gasteiger partial charge in [0.15, 0.2) is 0 Å². The lowest BCUT2D eigenvalue weighted by atomic mass is 10.2. The number of benzene rings is 1. The van der Waals surface area contributed by atoms with Gasteiger partial charge in [0.25, 0.3) is 0 Å². The molecule has 0 fully saturated rings. The Balaban J connectivity index is 2.32. The van der Waals surface area contributed by atoms with Crippen molar-refractivity contribution in [2.75, 3.05) is 19.6 Å². The Labute approximate surface area is 142 Å². The van der Waals surface area contributed by atoms with Gasteiger partial charge in [-0.2, -0.15) is 0 Å². The summed E-state index contributed by atoms with van der Waals surface area (Å²) in [6.45, 7) is 9.72. The average molecular weight is 345 g/mol. The normalized spacial score (nSPS) is 11.4. The number of amides is 1. The zero-order chi connectivity index (χ0) is 17.5. The third kappa shape index (κ3) is 7.66. The van der Waals surface area contributed by atoms with E-state index in [1.165, 1.54) is 12.1 Å². The highest BCUT2D eigenvalue weighted by Crippen LogP contribution is 2.14. The van der Waals surface area contributed by atoms with Crippen molar-refractivity contribution in [3.63, 3.8) is 0 Å². The third-order valence-electron chi connectivity index (χ3n) is 3.14. The summed E-state index contributed by atoms with van der Waals surface area (Å²) in [6.07, 6.45) is 0.454.